The summed E-state index contributed by atoms with van der Waals surface area (Å²) in [6, 6.07) is 13.2. The first-order chi connectivity index (χ1) is 20.2. The summed E-state index contributed by atoms with van der Waals surface area (Å²) < 4.78 is 48.9. The van der Waals surface area contributed by atoms with Gasteiger partial charge in [0.15, 0.2) is 5.60 Å². The van der Waals surface area contributed by atoms with Crippen LogP contribution in [0.4, 0.5) is 15.9 Å². The van der Waals surface area contributed by atoms with Crippen LogP contribution < -0.4 is 15.4 Å². The van der Waals surface area contributed by atoms with E-state index in [1.54, 1.807) is 36.7 Å². The summed E-state index contributed by atoms with van der Waals surface area (Å²) in [5.41, 5.74) is 1.86. The van der Waals surface area contributed by atoms with E-state index in [0.717, 1.165) is 5.39 Å². The monoisotopic (exact) mass is 611 g/mol. The van der Waals surface area contributed by atoms with Crippen LogP contribution in [0.15, 0.2) is 73.4 Å². The van der Waals surface area contributed by atoms with Crippen molar-refractivity contribution in [3.8, 4) is 5.75 Å². The van der Waals surface area contributed by atoms with E-state index in [4.69, 9.17) is 26.1 Å². The molecule has 9 nitrogen and oxygen atoms in total. The maximum atomic E-state index is 13.5. The second-order valence-corrected chi connectivity index (χ2v) is 12.8. The average Bonchev–Trinajstić information content (AvgIpc) is 3.45. The Morgan fingerprint density at radius 2 is 2.02 bits per heavy atom. The maximum absolute atomic E-state index is 13.5. The van der Waals surface area contributed by atoms with Crippen molar-refractivity contribution in [1.29, 1.82) is 0 Å². The number of nitrogens with one attached hydrogen (secondary N) is 2. The first-order valence-corrected chi connectivity index (χ1v) is 15.9. The fourth-order valence-corrected chi connectivity index (χ4v) is 5.70. The molecule has 0 spiro atoms. The Labute approximate surface area is 249 Å². The second kappa shape index (κ2) is 12.6. The predicted octanol–water partition coefficient (Wildman–Crippen LogP) is 5.68. The van der Waals surface area contributed by atoms with Gasteiger partial charge in [-0.3, -0.25) is 4.98 Å². The number of ether oxygens (including phenoxy) is 2. The van der Waals surface area contributed by atoms with E-state index in [9.17, 15) is 12.8 Å². The number of nitrogens with zero attached hydrogens (tertiary/aromatic N) is 3. The number of halogens is 2. The number of sulfone groups is 1. The largest absolute Gasteiger partial charge is 0.487 e. The van der Waals surface area contributed by atoms with E-state index in [2.05, 4.69) is 20.6 Å². The highest BCUT2D eigenvalue weighted by atomic mass is 35.5. The third-order valence-corrected chi connectivity index (χ3v) is 8.30. The molecular weight excluding hydrogens is 581 g/mol. The van der Waals surface area contributed by atoms with Crippen molar-refractivity contribution >= 4 is 43.8 Å². The van der Waals surface area contributed by atoms with Gasteiger partial charge in [-0.05, 0) is 54.5 Å². The molecule has 42 heavy (non-hydrogen) atoms. The minimum Gasteiger partial charge on any atom is -0.487 e. The lowest BCUT2D eigenvalue weighted by molar-refractivity contribution is -0.00221. The lowest BCUT2D eigenvalue weighted by atomic mass is 9.85. The van der Waals surface area contributed by atoms with Gasteiger partial charge in [0.2, 0.25) is 0 Å². The van der Waals surface area contributed by atoms with Gasteiger partial charge in [-0.15, -0.1) is 0 Å². The Hall–Kier alpha value is -3.80. The summed E-state index contributed by atoms with van der Waals surface area (Å²) in [5, 5.41) is 7.79. The van der Waals surface area contributed by atoms with Gasteiger partial charge in [0, 0.05) is 30.3 Å². The molecule has 12 heteroatoms. The lowest BCUT2D eigenvalue weighted by Crippen LogP contribution is -2.49. The summed E-state index contributed by atoms with van der Waals surface area (Å²) in [7, 11) is -3.11. The third kappa shape index (κ3) is 6.80. The minimum atomic E-state index is -3.11. The molecule has 220 valence electrons. The van der Waals surface area contributed by atoms with Crippen molar-refractivity contribution < 1.29 is 22.3 Å². The molecular formula is C30H31ClFN5O4S. The van der Waals surface area contributed by atoms with Crippen LogP contribution in [0.2, 0.25) is 5.02 Å². The standard InChI is InChI=1S/C30H31ClFN5O4S/c1-3-27(33-11-13-42(2,38)39)30(10-5-12-41-30)28-16-23-25(17-34-28)35-19-36-29(23)37-22-8-9-26(24(31)15-22)40-18-20-6-4-7-21(32)14-20/h4-9,12,14-17,19,27,33H,3,10-11,13,18H2,1-2H3,(H,35,36,37). The highest BCUT2D eigenvalue weighted by molar-refractivity contribution is 7.90. The number of pyridine rings is 1. The normalized spacial score (nSPS) is 17.2. The van der Waals surface area contributed by atoms with E-state index < -0.39 is 15.4 Å². The second-order valence-electron chi connectivity index (χ2n) is 10.1. The van der Waals surface area contributed by atoms with Crippen LogP contribution in [0, 0.1) is 5.82 Å². The van der Waals surface area contributed by atoms with Crippen LogP contribution in [0.1, 0.15) is 31.0 Å². The molecule has 2 atom stereocenters. The number of hydrogen-bond donors (Lipinski definition) is 2. The molecule has 0 saturated carbocycles. The average molecular weight is 612 g/mol. The number of anilines is 2. The SMILES string of the molecule is CCC(NCCS(C)(=O)=O)C1(c2cc3c(Nc4ccc(OCc5cccc(F)c5)c(Cl)c4)ncnc3cn2)CC=CO1. The first-order valence-electron chi connectivity index (χ1n) is 13.5. The fourth-order valence-electron chi connectivity index (χ4n) is 4.98. The molecule has 0 saturated heterocycles. The summed E-state index contributed by atoms with van der Waals surface area (Å²) in [6.07, 6.45) is 9.21. The lowest BCUT2D eigenvalue weighted by Gasteiger charge is -2.36. The third-order valence-electron chi connectivity index (χ3n) is 7.06. The zero-order valence-electron chi connectivity index (χ0n) is 23.2. The Balaban J connectivity index is 1.39. The molecule has 2 N–H and O–H groups in total. The van der Waals surface area contributed by atoms with Gasteiger partial charge >= 0.3 is 0 Å². The van der Waals surface area contributed by atoms with Crippen molar-refractivity contribution in [3.05, 3.63) is 95.5 Å². The van der Waals surface area contributed by atoms with E-state index in [1.165, 1.54) is 24.7 Å². The molecule has 2 unspecified atom stereocenters. The molecule has 0 radical (unpaired) electrons. The quantitative estimate of drug-likeness (QED) is 0.209. The number of aromatic nitrogens is 3. The summed E-state index contributed by atoms with van der Waals surface area (Å²) in [5.74, 6) is 0.712. The van der Waals surface area contributed by atoms with Gasteiger partial charge in [0.1, 0.15) is 40.2 Å². The molecule has 3 heterocycles. The van der Waals surface area contributed by atoms with Gasteiger partial charge < -0.3 is 20.1 Å². The highest BCUT2D eigenvalue weighted by Gasteiger charge is 2.44. The molecule has 5 rings (SSSR count). The molecule has 0 bridgehead atoms. The van der Waals surface area contributed by atoms with Crippen molar-refractivity contribution in [1.82, 2.24) is 20.3 Å². The van der Waals surface area contributed by atoms with E-state index in [0.29, 0.717) is 58.4 Å². The molecule has 1 aliphatic heterocycles. The zero-order valence-corrected chi connectivity index (χ0v) is 24.8. The van der Waals surface area contributed by atoms with E-state index in [1.807, 2.05) is 25.1 Å². The Kier molecular flexibility index (Phi) is 8.91. The van der Waals surface area contributed by atoms with Crippen LogP contribution in [-0.4, -0.2) is 48.0 Å². The van der Waals surface area contributed by atoms with Crippen LogP contribution in [-0.2, 0) is 26.8 Å². The molecule has 0 aliphatic carbocycles. The first kappa shape index (κ1) is 29.7. The van der Waals surface area contributed by atoms with Crippen molar-refractivity contribution in [2.45, 2.75) is 38.0 Å². The molecule has 1 aliphatic rings. The minimum absolute atomic E-state index is 0.0251. The molecule has 0 amide bonds. The summed E-state index contributed by atoms with van der Waals surface area (Å²) in [4.78, 5) is 13.6. The summed E-state index contributed by atoms with van der Waals surface area (Å²) >= 11 is 6.51. The van der Waals surface area contributed by atoms with Crippen LogP contribution in [0.3, 0.4) is 0 Å². The maximum Gasteiger partial charge on any atom is 0.168 e. The Bertz CT molecular complexity index is 1710. The van der Waals surface area contributed by atoms with Gasteiger partial charge in [-0.2, -0.15) is 0 Å². The molecule has 0 fully saturated rings. The van der Waals surface area contributed by atoms with Crippen LogP contribution in [0.5, 0.6) is 5.75 Å². The van der Waals surface area contributed by atoms with Crippen LogP contribution in [0.25, 0.3) is 10.9 Å². The zero-order chi connectivity index (χ0) is 29.7. The number of hydrogen-bond acceptors (Lipinski definition) is 9. The smallest absolute Gasteiger partial charge is 0.168 e. The predicted molar refractivity (Wildman–Crippen MR) is 161 cm³/mol. The molecule has 2 aromatic heterocycles. The summed E-state index contributed by atoms with van der Waals surface area (Å²) in [6.45, 7) is 2.50. The molecule has 4 aromatic rings. The van der Waals surface area contributed by atoms with Crippen molar-refractivity contribution in [2.24, 2.45) is 0 Å². The van der Waals surface area contributed by atoms with Crippen molar-refractivity contribution in [3.63, 3.8) is 0 Å². The van der Waals surface area contributed by atoms with E-state index >= 15 is 0 Å². The fraction of sp³-hybridized carbons (Fsp3) is 0.300. The topological polar surface area (TPSA) is 115 Å². The Morgan fingerprint density at radius 1 is 1.17 bits per heavy atom. The van der Waals surface area contributed by atoms with Gasteiger partial charge in [-0.1, -0.05) is 30.7 Å². The number of fused-ring (bicyclic) bond motifs is 1. The molecule has 2 aromatic carbocycles. The van der Waals surface area contributed by atoms with Gasteiger partial charge in [0.25, 0.3) is 0 Å². The highest BCUT2D eigenvalue weighted by Crippen LogP contribution is 2.40. The Morgan fingerprint density at radius 3 is 2.74 bits per heavy atom. The number of rotatable bonds is 12. The number of benzene rings is 2. The van der Waals surface area contributed by atoms with Crippen molar-refractivity contribution in [2.75, 3.05) is 23.9 Å². The van der Waals surface area contributed by atoms with Crippen LogP contribution >= 0.6 is 11.6 Å². The van der Waals surface area contributed by atoms with Gasteiger partial charge in [0.05, 0.1) is 40.5 Å². The van der Waals surface area contributed by atoms with E-state index in [-0.39, 0.29) is 24.2 Å². The van der Waals surface area contributed by atoms with Gasteiger partial charge in [-0.25, -0.2) is 22.8 Å².